The first-order valence-electron chi connectivity index (χ1n) is 2.53. The summed E-state index contributed by atoms with van der Waals surface area (Å²) in [6.07, 6.45) is 1.81. The molecule has 0 unspecified atom stereocenters. The normalized spacial score (nSPS) is 8.11. The van der Waals surface area contributed by atoms with Crippen molar-refractivity contribution in [2.24, 2.45) is 0 Å². The number of halogens is 1. The van der Waals surface area contributed by atoms with Crippen molar-refractivity contribution in [2.75, 3.05) is 5.84 Å². The van der Waals surface area contributed by atoms with E-state index in [0.717, 1.165) is 5.69 Å². The van der Waals surface area contributed by atoms with Gasteiger partial charge in [-0.05, 0) is 6.07 Å². The molecule has 0 bridgehead atoms. The van der Waals surface area contributed by atoms with Crippen LogP contribution in [0.25, 0.3) is 0 Å². The van der Waals surface area contributed by atoms with Crippen LogP contribution in [0.4, 0.5) is 0 Å². The Morgan fingerprint density at radius 2 is 2.11 bits per heavy atom. The second-order valence-corrected chi connectivity index (χ2v) is 1.75. The van der Waals surface area contributed by atoms with E-state index < -0.39 is 0 Å². The van der Waals surface area contributed by atoms with E-state index in [2.05, 4.69) is 0 Å². The molecule has 3 heteroatoms. The Labute approximate surface area is 65.0 Å². The molecule has 2 nitrogen and oxygen atoms in total. The van der Waals surface area contributed by atoms with Gasteiger partial charge in [0.2, 0.25) is 5.69 Å². The van der Waals surface area contributed by atoms with Gasteiger partial charge in [-0.2, -0.15) is 0 Å². The van der Waals surface area contributed by atoms with E-state index in [0.29, 0.717) is 0 Å². The molecule has 0 atom stereocenters. The molecule has 0 spiro atoms. The van der Waals surface area contributed by atoms with Crippen molar-refractivity contribution in [2.45, 2.75) is 6.92 Å². The highest BCUT2D eigenvalue weighted by molar-refractivity contribution is 4.93. The molecular formula is C6H9BrN2. The maximum atomic E-state index is 5.44. The fraction of sp³-hybridized carbons (Fsp3) is 0.167. The number of nitrogen functional groups attached to an aromatic ring is 1. The van der Waals surface area contributed by atoms with E-state index in [1.54, 1.807) is 4.68 Å². The van der Waals surface area contributed by atoms with Crippen LogP contribution in [0.5, 0.6) is 0 Å². The fourth-order valence-corrected chi connectivity index (χ4v) is 0.541. The number of pyridine rings is 1. The molecule has 0 fully saturated rings. The lowest BCUT2D eigenvalue weighted by molar-refractivity contribution is -0.645. The number of nitrogens with two attached hydrogens (primary N) is 1. The molecule has 50 valence electrons. The first-order chi connectivity index (χ1) is 3.80. The maximum absolute atomic E-state index is 5.44. The predicted octanol–water partition coefficient (Wildman–Crippen LogP) is -3.00. The highest BCUT2D eigenvalue weighted by Crippen LogP contribution is 1.82. The summed E-state index contributed by atoms with van der Waals surface area (Å²) in [5, 5.41) is 0. The summed E-state index contributed by atoms with van der Waals surface area (Å²) in [6.45, 7) is 1.96. The highest BCUT2D eigenvalue weighted by Gasteiger charge is 1.93. The standard InChI is InChI=1S/C6H9N2.BrH/c1-6-4-2-3-5-8(6)7;/h2-5H,7H2,1H3;1H/q+1;/p-1. The van der Waals surface area contributed by atoms with E-state index in [1.807, 2.05) is 31.3 Å². The van der Waals surface area contributed by atoms with Gasteiger partial charge in [0.1, 0.15) is 0 Å². The fourth-order valence-electron chi connectivity index (χ4n) is 0.541. The molecule has 1 heterocycles. The molecule has 2 N–H and O–H groups in total. The lowest BCUT2D eigenvalue weighted by Crippen LogP contribution is -3.00. The van der Waals surface area contributed by atoms with Crippen LogP contribution in [0.3, 0.4) is 0 Å². The zero-order chi connectivity index (χ0) is 5.98. The summed E-state index contributed by atoms with van der Waals surface area (Å²) in [7, 11) is 0. The van der Waals surface area contributed by atoms with E-state index >= 15 is 0 Å². The first-order valence-corrected chi connectivity index (χ1v) is 2.53. The Bertz CT molecular complexity index is 167. The summed E-state index contributed by atoms with van der Waals surface area (Å²) in [5.74, 6) is 5.44. The average molecular weight is 189 g/mol. The third-order valence-corrected chi connectivity index (χ3v) is 1.10. The molecule has 0 aliphatic carbocycles. The van der Waals surface area contributed by atoms with Crippen LogP contribution in [-0.4, -0.2) is 0 Å². The number of hydrogen-bond acceptors (Lipinski definition) is 1. The van der Waals surface area contributed by atoms with Crippen molar-refractivity contribution in [3.63, 3.8) is 0 Å². The van der Waals surface area contributed by atoms with Crippen molar-refractivity contribution in [3.8, 4) is 0 Å². The van der Waals surface area contributed by atoms with Crippen molar-refractivity contribution < 1.29 is 21.7 Å². The average Bonchev–Trinajstić information content (AvgIpc) is 1.77. The highest BCUT2D eigenvalue weighted by atomic mass is 79.9. The van der Waals surface area contributed by atoms with Crippen LogP contribution < -0.4 is 27.5 Å². The Morgan fingerprint density at radius 3 is 2.44 bits per heavy atom. The largest absolute Gasteiger partial charge is 1.00 e. The smallest absolute Gasteiger partial charge is 0.208 e. The maximum Gasteiger partial charge on any atom is 0.208 e. The van der Waals surface area contributed by atoms with Crippen molar-refractivity contribution in [1.82, 2.24) is 0 Å². The van der Waals surface area contributed by atoms with Gasteiger partial charge < -0.3 is 17.0 Å². The third kappa shape index (κ3) is 2.01. The van der Waals surface area contributed by atoms with Crippen molar-refractivity contribution >= 4 is 0 Å². The summed E-state index contributed by atoms with van der Waals surface area (Å²) in [5.41, 5.74) is 1.06. The van der Waals surface area contributed by atoms with Gasteiger partial charge in [0.05, 0.1) is 0 Å². The molecule has 0 aromatic carbocycles. The van der Waals surface area contributed by atoms with Crippen LogP contribution in [-0.2, 0) is 0 Å². The van der Waals surface area contributed by atoms with Crippen molar-refractivity contribution in [1.29, 1.82) is 0 Å². The number of aryl methyl sites for hydroxylation is 1. The lowest BCUT2D eigenvalue weighted by atomic mass is 10.4. The quantitative estimate of drug-likeness (QED) is 0.342. The van der Waals surface area contributed by atoms with Crippen LogP contribution in [0, 0.1) is 6.92 Å². The second-order valence-electron chi connectivity index (χ2n) is 1.75. The van der Waals surface area contributed by atoms with Crippen molar-refractivity contribution in [3.05, 3.63) is 30.1 Å². The van der Waals surface area contributed by atoms with E-state index in [9.17, 15) is 0 Å². The van der Waals surface area contributed by atoms with Gasteiger partial charge in [-0.3, -0.25) is 0 Å². The molecule has 0 saturated carbocycles. The minimum atomic E-state index is 0. The Hall–Kier alpha value is -0.570. The molecule has 0 saturated heterocycles. The Kier molecular flexibility index (Phi) is 3.24. The lowest BCUT2D eigenvalue weighted by Gasteiger charge is -1.85. The summed E-state index contributed by atoms with van der Waals surface area (Å²) < 4.78 is 1.58. The summed E-state index contributed by atoms with van der Waals surface area (Å²) in [6, 6.07) is 5.81. The van der Waals surface area contributed by atoms with Crippen LogP contribution >= 0.6 is 0 Å². The molecule has 0 amide bonds. The van der Waals surface area contributed by atoms with Crippen LogP contribution in [0.1, 0.15) is 5.69 Å². The molecule has 0 radical (unpaired) electrons. The van der Waals surface area contributed by atoms with E-state index in [-0.39, 0.29) is 17.0 Å². The minimum absolute atomic E-state index is 0. The summed E-state index contributed by atoms with van der Waals surface area (Å²) in [4.78, 5) is 0. The van der Waals surface area contributed by atoms with E-state index in [4.69, 9.17) is 5.84 Å². The second kappa shape index (κ2) is 3.45. The van der Waals surface area contributed by atoms with E-state index in [1.165, 1.54) is 0 Å². The molecule has 1 aromatic heterocycles. The minimum Gasteiger partial charge on any atom is -1.00 e. The van der Waals surface area contributed by atoms with Gasteiger partial charge in [0.25, 0.3) is 0 Å². The van der Waals surface area contributed by atoms with Gasteiger partial charge in [0.15, 0.2) is 6.20 Å². The zero-order valence-electron chi connectivity index (χ0n) is 5.21. The molecule has 1 rings (SSSR count). The van der Waals surface area contributed by atoms with Crippen LogP contribution in [0.2, 0.25) is 0 Å². The predicted molar refractivity (Wildman–Crippen MR) is 31.5 cm³/mol. The number of rotatable bonds is 0. The van der Waals surface area contributed by atoms with Gasteiger partial charge >= 0.3 is 0 Å². The summed E-state index contributed by atoms with van der Waals surface area (Å²) >= 11 is 0. The van der Waals surface area contributed by atoms with Crippen LogP contribution in [0.15, 0.2) is 24.4 Å². The zero-order valence-corrected chi connectivity index (χ0v) is 6.80. The number of hydrogen-bond donors (Lipinski definition) is 1. The molecular weight excluding hydrogens is 180 g/mol. The first kappa shape index (κ1) is 8.43. The molecule has 0 aliphatic rings. The SMILES string of the molecule is Cc1cccc[n+]1N.[Br-]. The Balaban J connectivity index is 0.000000640. The monoisotopic (exact) mass is 188 g/mol. The number of aromatic nitrogens is 1. The number of nitrogens with zero attached hydrogens (tertiary/aromatic N) is 1. The molecule has 9 heavy (non-hydrogen) atoms. The third-order valence-electron chi connectivity index (χ3n) is 1.10. The van der Waals surface area contributed by atoms with Gasteiger partial charge in [-0.1, -0.05) is 4.68 Å². The topological polar surface area (TPSA) is 29.9 Å². The molecule has 0 aliphatic heterocycles. The Morgan fingerprint density at radius 1 is 1.44 bits per heavy atom. The van der Waals surface area contributed by atoms with Gasteiger partial charge in [0, 0.05) is 19.1 Å². The van der Waals surface area contributed by atoms with Gasteiger partial charge in [-0.15, -0.1) is 0 Å². The van der Waals surface area contributed by atoms with Gasteiger partial charge in [-0.25, -0.2) is 5.84 Å². The molecule has 1 aromatic rings.